The number of nitrogens with zero attached hydrogens (tertiary/aromatic N) is 1. The van der Waals surface area contributed by atoms with Gasteiger partial charge in [0, 0.05) is 24.3 Å². The van der Waals surface area contributed by atoms with Crippen LogP contribution in [0.2, 0.25) is 0 Å². The van der Waals surface area contributed by atoms with Gasteiger partial charge in [-0.15, -0.1) is 0 Å². The van der Waals surface area contributed by atoms with Crippen molar-refractivity contribution in [1.82, 2.24) is 0 Å². The van der Waals surface area contributed by atoms with Crippen LogP contribution in [0.15, 0.2) is 24.3 Å². The zero-order valence-electron chi connectivity index (χ0n) is 9.32. The number of anilines is 1. The molecule has 1 aromatic carbocycles. The average Bonchev–Trinajstić information content (AvgIpc) is 2.81. The molecular weight excluding hydrogens is 186 g/mol. The first kappa shape index (κ1) is 10.5. The third kappa shape index (κ3) is 2.15. The molecule has 0 bridgehead atoms. The molecule has 2 heteroatoms. The van der Waals surface area contributed by atoms with Gasteiger partial charge in [-0.3, -0.25) is 0 Å². The van der Waals surface area contributed by atoms with E-state index in [0.717, 1.165) is 25.1 Å². The molecule has 2 nitrogen and oxygen atoms in total. The van der Waals surface area contributed by atoms with Gasteiger partial charge >= 0.3 is 0 Å². The summed E-state index contributed by atoms with van der Waals surface area (Å²) in [4.78, 5) is 2.38. The van der Waals surface area contributed by atoms with E-state index in [1.165, 1.54) is 18.5 Å². The Morgan fingerprint density at radius 3 is 2.60 bits per heavy atom. The topological polar surface area (TPSA) is 23.5 Å². The van der Waals surface area contributed by atoms with Crippen LogP contribution in [0.1, 0.15) is 37.9 Å². The predicted molar refractivity (Wildman–Crippen MR) is 63.1 cm³/mol. The molecule has 0 aliphatic carbocycles. The van der Waals surface area contributed by atoms with Gasteiger partial charge in [0.15, 0.2) is 0 Å². The summed E-state index contributed by atoms with van der Waals surface area (Å²) in [5, 5.41) is 9.94. The zero-order chi connectivity index (χ0) is 10.7. The first-order chi connectivity index (χ1) is 7.33. The number of aliphatic hydroxyl groups is 1. The number of benzene rings is 1. The average molecular weight is 205 g/mol. The molecule has 82 valence electrons. The standard InChI is InChI=1S/C13H19NO/c1-2-13(15)11-7-3-4-8-12(11)14-9-5-6-10-14/h3-4,7-8,13,15H,2,5-6,9-10H2,1H3. The van der Waals surface area contributed by atoms with Crippen molar-refractivity contribution in [3.8, 4) is 0 Å². The minimum atomic E-state index is -0.318. The van der Waals surface area contributed by atoms with Crippen molar-refractivity contribution < 1.29 is 5.11 Å². The van der Waals surface area contributed by atoms with Gasteiger partial charge in [0.2, 0.25) is 0 Å². The third-order valence-electron chi connectivity index (χ3n) is 3.13. The lowest BCUT2D eigenvalue weighted by Gasteiger charge is -2.23. The van der Waals surface area contributed by atoms with Crippen molar-refractivity contribution in [2.24, 2.45) is 0 Å². The summed E-state index contributed by atoms with van der Waals surface area (Å²) in [5.41, 5.74) is 2.31. The molecule has 1 aromatic rings. The minimum absolute atomic E-state index is 0.318. The van der Waals surface area contributed by atoms with E-state index >= 15 is 0 Å². The van der Waals surface area contributed by atoms with Gasteiger partial charge in [0.05, 0.1) is 6.10 Å². The van der Waals surface area contributed by atoms with Crippen molar-refractivity contribution in [3.63, 3.8) is 0 Å². The second kappa shape index (κ2) is 4.67. The number of hydrogen-bond acceptors (Lipinski definition) is 2. The summed E-state index contributed by atoms with van der Waals surface area (Å²) < 4.78 is 0. The Bertz CT molecular complexity index is 318. The normalized spacial score (nSPS) is 18.1. The van der Waals surface area contributed by atoms with Gasteiger partial charge in [-0.1, -0.05) is 25.1 Å². The lowest BCUT2D eigenvalue weighted by Crippen LogP contribution is -2.20. The van der Waals surface area contributed by atoms with Crippen LogP contribution in [0.25, 0.3) is 0 Å². The number of aliphatic hydroxyl groups excluding tert-OH is 1. The fourth-order valence-electron chi connectivity index (χ4n) is 2.24. The van der Waals surface area contributed by atoms with E-state index in [1.54, 1.807) is 0 Å². The summed E-state index contributed by atoms with van der Waals surface area (Å²) in [6.45, 7) is 4.28. The molecule has 0 spiro atoms. The summed E-state index contributed by atoms with van der Waals surface area (Å²) >= 11 is 0. The highest BCUT2D eigenvalue weighted by Crippen LogP contribution is 2.30. The van der Waals surface area contributed by atoms with Crippen LogP contribution in [0.4, 0.5) is 5.69 Å². The molecular formula is C13H19NO. The molecule has 1 unspecified atom stereocenters. The third-order valence-corrected chi connectivity index (χ3v) is 3.13. The molecule has 0 saturated carbocycles. The lowest BCUT2D eigenvalue weighted by atomic mass is 10.0. The molecule has 1 aliphatic heterocycles. The summed E-state index contributed by atoms with van der Waals surface area (Å²) in [6, 6.07) is 8.23. The summed E-state index contributed by atoms with van der Waals surface area (Å²) in [7, 11) is 0. The monoisotopic (exact) mass is 205 g/mol. The zero-order valence-corrected chi connectivity index (χ0v) is 9.32. The Balaban J connectivity index is 2.28. The van der Waals surface area contributed by atoms with Crippen LogP contribution in [0.5, 0.6) is 0 Å². The largest absolute Gasteiger partial charge is 0.388 e. The fourth-order valence-corrected chi connectivity index (χ4v) is 2.24. The van der Waals surface area contributed by atoms with Crippen molar-refractivity contribution in [3.05, 3.63) is 29.8 Å². The second-order valence-corrected chi connectivity index (χ2v) is 4.18. The van der Waals surface area contributed by atoms with E-state index in [2.05, 4.69) is 17.0 Å². The van der Waals surface area contributed by atoms with Crippen molar-refractivity contribution in [2.45, 2.75) is 32.3 Å². The Morgan fingerprint density at radius 2 is 1.93 bits per heavy atom. The maximum Gasteiger partial charge on any atom is 0.0807 e. The SMILES string of the molecule is CCC(O)c1ccccc1N1CCCC1. The molecule has 1 saturated heterocycles. The first-order valence-electron chi connectivity index (χ1n) is 5.85. The molecule has 15 heavy (non-hydrogen) atoms. The highest BCUT2D eigenvalue weighted by molar-refractivity contribution is 5.55. The molecule has 2 rings (SSSR count). The van der Waals surface area contributed by atoms with Crippen LogP contribution in [-0.4, -0.2) is 18.2 Å². The van der Waals surface area contributed by atoms with Crippen LogP contribution in [0, 0.1) is 0 Å². The quantitative estimate of drug-likeness (QED) is 0.820. The predicted octanol–water partition coefficient (Wildman–Crippen LogP) is 2.73. The van der Waals surface area contributed by atoms with Gasteiger partial charge < -0.3 is 10.0 Å². The molecule has 0 amide bonds. The maximum absolute atomic E-state index is 9.94. The van der Waals surface area contributed by atoms with Crippen LogP contribution >= 0.6 is 0 Å². The fraction of sp³-hybridized carbons (Fsp3) is 0.538. The van der Waals surface area contributed by atoms with Gasteiger partial charge in [-0.05, 0) is 25.3 Å². The molecule has 1 fully saturated rings. The van der Waals surface area contributed by atoms with Gasteiger partial charge in [-0.25, -0.2) is 0 Å². The second-order valence-electron chi connectivity index (χ2n) is 4.18. The van der Waals surface area contributed by atoms with Gasteiger partial charge in [0.1, 0.15) is 0 Å². The summed E-state index contributed by atoms with van der Waals surface area (Å²) in [6.07, 6.45) is 3.01. The molecule has 1 heterocycles. The first-order valence-corrected chi connectivity index (χ1v) is 5.85. The van der Waals surface area contributed by atoms with Crippen LogP contribution in [0.3, 0.4) is 0 Å². The lowest BCUT2D eigenvalue weighted by molar-refractivity contribution is 0.174. The Kier molecular flexibility index (Phi) is 3.27. The van der Waals surface area contributed by atoms with E-state index in [1.807, 2.05) is 19.1 Å². The number of hydrogen-bond donors (Lipinski definition) is 1. The van der Waals surface area contributed by atoms with E-state index in [9.17, 15) is 5.11 Å². The summed E-state index contributed by atoms with van der Waals surface area (Å²) in [5.74, 6) is 0. The maximum atomic E-state index is 9.94. The molecule has 0 aromatic heterocycles. The molecule has 1 aliphatic rings. The van der Waals surface area contributed by atoms with E-state index in [4.69, 9.17) is 0 Å². The Labute approximate surface area is 91.5 Å². The Hall–Kier alpha value is -1.02. The number of para-hydroxylation sites is 1. The highest BCUT2D eigenvalue weighted by atomic mass is 16.3. The Morgan fingerprint density at radius 1 is 1.27 bits per heavy atom. The molecule has 1 atom stereocenters. The highest BCUT2D eigenvalue weighted by Gasteiger charge is 2.17. The van der Waals surface area contributed by atoms with Crippen LogP contribution < -0.4 is 4.90 Å². The molecule has 1 N–H and O–H groups in total. The smallest absolute Gasteiger partial charge is 0.0807 e. The van der Waals surface area contributed by atoms with Crippen molar-refractivity contribution in [1.29, 1.82) is 0 Å². The minimum Gasteiger partial charge on any atom is -0.388 e. The van der Waals surface area contributed by atoms with Gasteiger partial charge in [0.25, 0.3) is 0 Å². The van der Waals surface area contributed by atoms with E-state index in [-0.39, 0.29) is 6.10 Å². The van der Waals surface area contributed by atoms with E-state index in [0.29, 0.717) is 0 Å². The van der Waals surface area contributed by atoms with E-state index < -0.39 is 0 Å². The van der Waals surface area contributed by atoms with Gasteiger partial charge in [-0.2, -0.15) is 0 Å². The number of rotatable bonds is 3. The van der Waals surface area contributed by atoms with Crippen molar-refractivity contribution in [2.75, 3.05) is 18.0 Å². The van der Waals surface area contributed by atoms with Crippen molar-refractivity contribution >= 4 is 5.69 Å². The van der Waals surface area contributed by atoms with Crippen LogP contribution in [-0.2, 0) is 0 Å². The molecule has 0 radical (unpaired) electrons.